The summed E-state index contributed by atoms with van der Waals surface area (Å²) in [6.45, 7) is 0. The van der Waals surface area contributed by atoms with Crippen LogP contribution in [0.1, 0.15) is 11.6 Å². The van der Waals surface area contributed by atoms with Gasteiger partial charge in [0.2, 0.25) is 0 Å². The second kappa shape index (κ2) is 5.51. The highest BCUT2D eigenvalue weighted by molar-refractivity contribution is 5.83. The zero-order valence-electron chi connectivity index (χ0n) is 11.5. The van der Waals surface area contributed by atoms with E-state index >= 15 is 0 Å². The fraction of sp³-hybridized carbons (Fsp3) is 0.0588. The van der Waals surface area contributed by atoms with Gasteiger partial charge in [0.15, 0.2) is 5.82 Å². The lowest BCUT2D eigenvalue weighted by atomic mass is 10.2. The number of hydrogen-bond donors (Lipinski definition) is 0. The molecule has 1 aromatic carbocycles. The maximum Gasteiger partial charge on any atom is 0.151 e. The van der Waals surface area contributed by atoms with Gasteiger partial charge in [-0.1, -0.05) is 18.2 Å². The Morgan fingerprint density at radius 1 is 1.29 bits per heavy atom. The molecule has 0 radical (unpaired) electrons. The van der Waals surface area contributed by atoms with Gasteiger partial charge < -0.3 is 8.98 Å². The third-order valence-corrected chi connectivity index (χ3v) is 3.22. The number of imidazole rings is 1. The summed E-state index contributed by atoms with van der Waals surface area (Å²) in [4.78, 5) is 4.51. The average Bonchev–Trinajstić information content (AvgIpc) is 3.13. The lowest BCUT2D eigenvalue weighted by Gasteiger charge is -1.99. The van der Waals surface area contributed by atoms with E-state index in [1.807, 2.05) is 48.0 Å². The van der Waals surface area contributed by atoms with E-state index in [0.29, 0.717) is 11.4 Å². The largest absolute Gasteiger partial charge is 0.465 e. The van der Waals surface area contributed by atoms with Crippen LogP contribution in [0.4, 0.5) is 0 Å². The Bertz CT molecular complexity index is 861. The topological polar surface area (TPSA) is 54.8 Å². The summed E-state index contributed by atoms with van der Waals surface area (Å²) in [5.41, 5.74) is 2.39. The van der Waals surface area contributed by atoms with E-state index in [9.17, 15) is 5.26 Å². The first kappa shape index (κ1) is 12.9. The van der Waals surface area contributed by atoms with Crippen LogP contribution in [0, 0.1) is 11.3 Å². The van der Waals surface area contributed by atoms with Crippen molar-refractivity contribution in [1.29, 1.82) is 5.26 Å². The van der Waals surface area contributed by atoms with E-state index < -0.39 is 0 Å². The molecule has 0 spiro atoms. The van der Waals surface area contributed by atoms with Crippen molar-refractivity contribution in [3.05, 3.63) is 66.4 Å². The molecule has 0 unspecified atom stereocenters. The monoisotopic (exact) mass is 275 g/mol. The van der Waals surface area contributed by atoms with Crippen molar-refractivity contribution >= 4 is 22.7 Å². The molecule has 0 aliphatic rings. The molecule has 0 saturated heterocycles. The summed E-state index contributed by atoms with van der Waals surface area (Å²) in [6.07, 6.45) is 6.94. The summed E-state index contributed by atoms with van der Waals surface area (Å²) < 4.78 is 7.13. The molecule has 0 aliphatic carbocycles. The van der Waals surface area contributed by atoms with Gasteiger partial charge in [-0.25, -0.2) is 4.98 Å². The number of aromatic nitrogens is 2. The van der Waals surface area contributed by atoms with Crippen LogP contribution in [0.2, 0.25) is 0 Å². The van der Waals surface area contributed by atoms with Gasteiger partial charge in [0.25, 0.3) is 0 Å². The van der Waals surface area contributed by atoms with Crippen molar-refractivity contribution in [2.24, 2.45) is 7.05 Å². The van der Waals surface area contributed by atoms with E-state index in [1.165, 1.54) is 0 Å². The van der Waals surface area contributed by atoms with Gasteiger partial charge >= 0.3 is 0 Å². The minimum absolute atomic E-state index is 0.511. The van der Waals surface area contributed by atoms with Gasteiger partial charge in [-0.05, 0) is 36.4 Å². The molecule has 0 aliphatic heterocycles. The van der Waals surface area contributed by atoms with Crippen LogP contribution >= 0.6 is 0 Å². The second-order valence-electron chi connectivity index (χ2n) is 4.55. The maximum absolute atomic E-state index is 9.36. The van der Waals surface area contributed by atoms with E-state index in [2.05, 4.69) is 11.1 Å². The zero-order valence-corrected chi connectivity index (χ0v) is 11.5. The van der Waals surface area contributed by atoms with E-state index in [1.54, 1.807) is 24.5 Å². The third-order valence-electron chi connectivity index (χ3n) is 3.22. The smallest absolute Gasteiger partial charge is 0.151 e. The van der Waals surface area contributed by atoms with Gasteiger partial charge in [0, 0.05) is 7.05 Å². The molecule has 3 rings (SSSR count). The summed E-state index contributed by atoms with van der Waals surface area (Å²) in [6, 6.07) is 13.7. The van der Waals surface area contributed by atoms with Crippen LogP contribution in [0.15, 0.2) is 59.2 Å². The van der Waals surface area contributed by atoms with E-state index in [0.717, 1.165) is 16.8 Å². The van der Waals surface area contributed by atoms with Crippen molar-refractivity contribution in [1.82, 2.24) is 9.55 Å². The SMILES string of the molecule is Cn1c(C(C#N)=CC=Cc2ccco2)nc2ccccc21. The Kier molecular flexibility index (Phi) is 3.40. The van der Waals surface area contributed by atoms with Crippen molar-refractivity contribution in [3.63, 3.8) is 0 Å². The molecular weight excluding hydrogens is 262 g/mol. The molecule has 3 aromatic rings. The molecule has 0 atom stereocenters. The van der Waals surface area contributed by atoms with Gasteiger partial charge in [-0.3, -0.25) is 0 Å². The molecule has 0 saturated carbocycles. The van der Waals surface area contributed by atoms with Crippen LogP contribution in [-0.4, -0.2) is 9.55 Å². The van der Waals surface area contributed by atoms with Crippen LogP contribution in [0.3, 0.4) is 0 Å². The number of aryl methyl sites for hydroxylation is 1. The molecule has 0 fully saturated rings. The highest BCUT2D eigenvalue weighted by Crippen LogP contribution is 2.20. The van der Waals surface area contributed by atoms with E-state index in [-0.39, 0.29) is 0 Å². The first-order valence-electron chi connectivity index (χ1n) is 6.53. The molecule has 2 heterocycles. The lowest BCUT2D eigenvalue weighted by molar-refractivity contribution is 0.557. The van der Waals surface area contributed by atoms with Crippen LogP contribution in [0.5, 0.6) is 0 Å². The number of rotatable bonds is 3. The Hall–Kier alpha value is -3.06. The van der Waals surface area contributed by atoms with Crippen molar-refractivity contribution in [3.8, 4) is 6.07 Å². The number of allylic oxidation sites excluding steroid dienone is 3. The molecule has 4 nitrogen and oxygen atoms in total. The molecule has 102 valence electrons. The van der Waals surface area contributed by atoms with Crippen molar-refractivity contribution in [2.45, 2.75) is 0 Å². The quantitative estimate of drug-likeness (QED) is 0.540. The first-order valence-corrected chi connectivity index (χ1v) is 6.53. The van der Waals surface area contributed by atoms with E-state index in [4.69, 9.17) is 4.42 Å². The summed E-state index contributed by atoms with van der Waals surface area (Å²) in [5, 5.41) is 9.36. The third kappa shape index (κ3) is 2.49. The minimum atomic E-state index is 0.511. The van der Waals surface area contributed by atoms with Crippen LogP contribution in [-0.2, 0) is 7.05 Å². The summed E-state index contributed by atoms with van der Waals surface area (Å²) >= 11 is 0. The predicted molar refractivity (Wildman–Crippen MR) is 82.0 cm³/mol. The molecule has 0 amide bonds. The average molecular weight is 275 g/mol. The fourth-order valence-corrected chi connectivity index (χ4v) is 2.17. The number of hydrogen-bond acceptors (Lipinski definition) is 3. The molecule has 21 heavy (non-hydrogen) atoms. The lowest BCUT2D eigenvalue weighted by Crippen LogP contribution is -1.95. The Labute approximate surface area is 122 Å². The molecule has 2 aromatic heterocycles. The fourth-order valence-electron chi connectivity index (χ4n) is 2.17. The second-order valence-corrected chi connectivity index (χ2v) is 4.55. The minimum Gasteiger partial charge on any atom is -0.465 e. The standard InChI is InChI=1S/C17H13N3O/c1-20-16-10-3-2-9-15(16)19-17(20)13(12-18)6-4-7-14-8-5-11-21-14/h2-11H,1H3. The zero-order chi connectivity index (χ0) is 14.7. The summed E-state index contributed by atoms with van der Waals surface area (Å²) in [7, 11) is 1.91. The highest BCUT2D eigenvalue weighted by atomic mass is 16.3. The van der Waals surface area contributed by atoms with Gasteiger partial charge in [0.1, 0.15) is 11.8 Å². The number of nitriles is 1. The molecule has 4 heteroatoms. The number of para-hydroxylation sites is 2. The number of fused-ring (bicyclic) bond motifs is 1. The normalized spacial score (nSPS) is 12.1. The van der Waals surface area contributed by atoms with Crippen LogP contribution < -0.4 is 0 Å². The van der Waals surface area contributed by atoms with Crippen molar-refractivity contribution < 1.29 is 4.42 Å². The predicted octanol–water partition coefficient (Wildman–Crippen LogP) is 3.79. The molecule has 0 bridgehead atoms. The maximum atomic E-state index is 9.36. The first-order chi connectivity index (χ1) is 10.3. The number of furan rings is 1. The Balaban J connectivity index is 1.99. The number of benzene rings is 1. The van der Waals surface area contributed by atoms with Gasteiger partial charge in [0.05, 0.1) is 22.9 Å². The Morgan fingerprint density at radius 3 is 2.86 bits per heavy atom. The molecule has 0 N–H and O–H groups in total. The van der Waals surface area contributed by atoms with Gasteiger partial charge in [-0.2, -0.15) is 5.26 Å². The van der Waals surface area contributed by atoms with Gasteiger partial charge in [-0.15, -0.1) is 0 Å². The highest BCUT2D eigenvalue weighted by Gasteiger charge is 2.10. The van der Waals surface area contributed by atoms with Crippen molar-refractivity contribution in [2.75, 3.05) is 0 Å². The van der Waals surface area contributed by atoms with Crippen LogP contribution in [0.25, 0.3) is 22.7 Å². The Morgan fingerprint density at radius 2 is 2.14 bits per heavy atom. The molecular formula is C17H13N3O. The summed E-state index contributed by atoms with van der Waals surface area (Å²) in [5.74, 6) is 1.40. The number of nitrogens with zero attached hydrogens (tertiary/aromatic N) is 3.